The van der Waals surface area contributed by atoms with Crippen LogP contribution in [-0.2, 0) is 0 Å². The standard InChI is InChI=1S/C8H13NO2/c1-8-4-2-6(3-5-8)9(8)7(10)11/h6H,2-5H2,1H3,(H,10,11). The van der Waals surface area contributed by atoms with Gasteiger partial charge in [0.25, 0.3) is 0 Å². The average molecular weight is 155 g/mol. The Balaban J connectivity index is 2.28. The molecule has 2 aliphatic rings. The van der Waals surface area contributed by atoms with Crippen LogP contribution in [0.1, 0.15) is 32.6 Å². The minimum absolute atomic E-state index is 0.0174. The topological polar surface area (TPSA) is 40.5 Å². The highest BCUT2D eigenvalue weighted by atomic mass is 16.4. The number of hydrogen-bond donors (Lipinski definition) is 1. The molecule has 0 saturated carbocycles. The van der Waals surface area contributed by atoms with Crippen molar-refractivity contribution in [1.82, 2.24) is 4.90 Å². The first-order valence-electron chi connectivity index (χ1n) is 4.16. The molecule has 0 radical (unpaired) electrons. The Morgan fingerprint density at radius 2 is 2.09 bits per heavy atom. The third-order valence-electron chi connectivity index (χ3n) is 3.19. The van der Waals surface area contributed by atoms with Crippen LogP contribution in [0.3, 0.4) is 0 Å². The maximum absolute atomic E-state index is 10.8. The largest absolute Gasteiger partial charge is 0.465 e. The predicted molar refractivity (Wildman–Crippen MR) is 40.5 cm³/mol. The Hall–Kier alpha value is -0.730. The minimum Gasteiger partial charge on any atom is -0.465 e. The second kappa shape index (κ2) is 1.90. The van der Waals surface area contributed by atoms with Crippen LogP contribution in [0, 0.1) is 0 Å². The fraction of sp³-hybridized carbons (Fsp3) is 0.875. The van der Waals surface area contributed by atoms with Crippen LogP contribution in [0.2, 0.25) is 0 Å². The van der Waals surface area contributed by atoms with Gasteiger partial charge in [0.05, 0.1) is 0 Å². The minimum atomic E-state index is -0.729. The molecule has 0 unspecified atom stereocenters. The van der Waals surface area contributed by atoms with Gasteiger partial charge in [0.1, 0.15) is 0 Å². The molecule has 0 aliphatic carbocycles. The number of hydrogen-bond acceptors (Lipinski definition) is 1. The van der Waals surface area contributed by atoms with Crippen molar-refractivity contribution in [2.24, 2.45) is 0 Å². The molecule has 2 aliphatic heterocycles. The normalized spacial score (nSPS) is 41.5. The molecule has 0 aromatic heterocycles. The molecular weight excluding hydrogens is 142 g/mol. The molecule has 2 rings (SSSR count). The fourth-order valence-electron chi connectivity index (χ4n) is 2.55. The summed E-state index contributed by atoms with van der Waals surface area (Å²) in [7, 11) is 0. The van der Waals surface area contributed by atoms with E-state index < -0.39 is 6.09 Å². The maximum Gasteiger partial charge on any atom is 0.407 e. The molecule has 0 aromatic carbocycles. The van der Waals surface area contributed by atoms with E-state index in [1.165, 1.54) is 0 Å². The van der Waals surface area contributed by atoms with E-state index in [0.29, 0.717) is 6.04 Å². The molecule has 2 heterocycles. The molecular formula is C8H13NO2. The molecule has 2 fully saturated rings. The molecule has 1 N–H and O–H groups in total. The van der Waals surface area contributed by atoms with Crippen molar-refractivity contribution in [1.29, 1.82) is 0 Å². The summed E-state index contributed by atoms with van der Waals surface area (Å²) in [5.41, 5.74) is -0.0174. The highest BCUT2D eigenvalue weighted by Crippen LogP contribution is 2.45. The predicted octanol–water partition coefficient (Wildman–Crippen LogP) is 1.68. The van der Waals surface area contributed by atoms with Gasteiger partial charge in [-0.15, -0.1) is 0 Å². The lowest BCUT2D eigenvalue weighted by molar-refractivity contribution is 0.115. The zero-order valence-corrected chi connectivity index (χ0v) is 6.71. The Labute approximate surface area is 66.0 Å². The molecule has 3 nitrogen and oxygen atoms in total. The van der Waals surface area contributed by atoms with Gasteiger partial charge in [-0.3, -0.25) is 4.90 Å². The lowest BCUT2D eigenvalue weighted by atomic mass is 9.90. The van der Waals surface area contributed by atoms with E-state index in [-0.39, 0.29) is 5.54 Å². The first-order valence-corrected chi connectivity index (χ1v) is 4.16. The number of carbonyl (C=O) groups is 1. The third kappa shape index (κ3) is 0.767. The smallest absolute Gasteiger partial charge is 0.407 e. The van der Waals surface area contributed by atoms with Gasteiger partial charge in [-0.1, -0.05) is 0 Å². The van der Waals surface area contributed by atoms with Crippen LogP contribution in [0.4, 0.5) is 4.79 Å². The summed E-state index contributed by atoms with van der Waals surface area (Å²) in [5, 5.41) is 8.89. The third-order valence-corrected chi connectivity index (χ3v) is 3.19. The molecule has 62 valence electrons. The Morgan fingerprint density at radius 3 is 2.27 bits per heavy atom. The first kappa shape index (κ1) is 6.95. The van der Waals surface area contributed by atoms with E-state index in [2.05, 4.69) is 6.92 Å². The van der Waals surface area contributed by atoms with Crippen LogP contribution in [0.25, 0.3) is 0 Å². The summed E-state index contributed by atoms with van der Waals surface area (Å²) in [6.45, 7) is 2.06. The summed E-state index contributed by atoms with van der Waals surface area (Å²) < 4.78 is 0. The van der Waals surface area contributed by atoms with E-state index in [9.17, 15) is 4.79 Å². The van der Waals surface area contributed by atoms with Gasteiger partial charge in [0.2, 0.25) is 0 Å². The zero-order chi connectivity index (χ0) is 8.06. The summed E-state index contributed by atoms with van der Waals surface area (Å²) in [6.07, 6.45) is 3.53. The van der Waals surface area contributed by atoms with Crippen LogP contribution in [-0.4, -0.2) is 27.7 Å². The van der Waals surface area contributed by atoms with Gasteiger partial charge in [-0.2, -0.15) is 0 Å². The molecule has 11 heavy (non-hydrogen) atoms. The van der Waals surface area contributed by atoms with Crippen molar-refractivity contribution in [2.75, 3.05) is 0 Å². The molecule has 2 bridgehead atoms. The van der Waals surface area contributed by atoms with Crippen LogP contribution in [0.15, 0.2) is 0 Å². The van der Waals surface area contributed by atoms with Crippen molar-refractivity contribution < 1.29 is 9.90 Å². The Bertz CT molecular complexity index is 194. The van der Waals surface area contributed by atoms with Gasteiger partial charge in [-0.05, 0) is 32.6 Å². The molecule has 0 atom stereocenters. The molecule has 1 amide bonds. The van der Waals surface area contributed by atoms with Crippen molar-refractivity contribution in [3.8, 4) is 0 Å². The number of nitrogens with zero attached hydrogens (tertiary/aromatic N) is 1. The average Bonchev–Trinajstić information content (AvgIpc) is 2.39. The van der Waals surface area contributed by atoms with E-state index in [0.717, 1.165) is 25.7 Å². The van der Waals surface area contributed by atoms with E-state index in [4.69, 9.17) is 5.11 Å². The Morgan fingerprint density at radius 1 is 1.55 bits per heavy atom. The highest BCUT2D eigenvalue weighted by Gasteiger charge is 2.50. The second-order valence-corrected chi connectivity index (χ2v) is 3.88. The van der Waals surface area contributed by atoms with Crippen molar-refractivity contribution in [2.45, 2.75) is 44.2 Å². The SMILES string of the molecule is CC12CCC(CC1)N2C(=O)O. The lowest BCUT2D eigenvalue weighted by Crippen LogP contribution is -2.41. The second-order valence-electron chi connectivity index (χ2n) is 3.88. The van der Waals surface area contributed by atoms with Crippen molar-refractivity contribution in [3.63, 3.8) is 0 Å². The van der Waals surface area contributed by atoms with Crippen LogP contribution >= 0.6 is 0 Å². The van der Waals surface area contributed by atoms with Crippen LogP contribution in [0.5, 0.6) is 0 Å². The zero-order valence-electron chi connectivity index (χ0n) is 6.71. The fourth-order valence-corrected chi connectivity index (χ4v) is 2.55. The molecule has 3 heteroatoms. The summed E-state index contributed by atoms with van der Waals surface area (Å²) in [5.74, 6) is 0. The van der Waals surface area contributed by atoms with Gasteiger partial charge < -0.3 is 5.11 Å². The quantitative estimate of drug-likeness (QED) is 0.578. The number of amides is 1. The molecule has 0 aromatic rings. The van der Waals surface area contributed by atoms with Crippen molar-refractivity contribution >= 4 is 6.09 Å². The number of fused-ring (bicyclic) bond motifs is 2. The maximum atomic E-state index is 10.8. The Kier molecular flexibility index (Phi) is 1.20. The van der Waals surface area contributed by atoms with Gasteiger partial charge in [0.15, 0.2) is 0 Å². The number of carboxylic acid groups (broad SMARTS) is 1. The van der Waals surface area contributed by atoms with Gasteiger partial charge in [-0.25, -0.2) is 4.79 Å². The first-order chi connectivity index (χ1) is 5.13. The molecule has 0 spiro atoms. The van der Waals surface area contributed by atoms with Gasteiger partial charge in [0, 0.05) is 11.6 Å². The molecule has 2 saturated heterocycles. The van der Waals surface area contributed by atoms with E-state index >= 15 is 0 Å². The van der Waals surface area contributed by atoms with Gasteiger partial charge >= 0.3 is 6.09 Å². The lowest BCUT2D eigenvalue weighted by Gasteiger charge is -2.28. The number of rotatable bonds is 0. The van der Waals surface area contributed by atoms with E-state index in [1.54, 1.807) is 4.90 Å². The summed E-state index contributed by atoms with van der Waals surface area (Å²) in [6, 6.07) is 0.331. The highest BCUT2D eigenvalue weighted by molar-refractivity contribution is 5.67. The monoisotopic (exact) mass is 155 g/mol. The summed E-state index contributed by atoms with van der Waals surface area (Å²) >= 11 is 0. The van der Waals surface area contributed by atoms with E-state index in [1.807, 2.05) is 0 Å². The summed E-state index contributed by atoms with van der Waals surface area (Å²) in [4.78, 5) is 12.5. The van der Waals surface area contributed by atoms with Crippen LogP contribution < -0.4 is 0 Å². The van der Waals surface area contributed by atoms with Crippen molar-refractivity contribution in [3.05, 3.63) is 0 Å².